The molecule has 0 atom stereocenters. The molecule has 0 spiro atoms. The number of anilines is 1. The number of nitrogens with two attached hydrogens (primary N) is 1. The number of aromatic nitrogens is 2. The van der Waals surface area contributed by atoms with Crippen LogP contribution in [-0.2, 0) is 16.1 Å². The maximum atomic E-state index is 11.6. The van der Waals surface area contributed by atoms with Gasteiger partial charge in [0.05, 0.1) is 17.4 Å². The van der Waals surface area contributed by atoms with Crippen LogP contribution >= 0.6 is 0 Å². The number of hydrogen-bond acceptors (Lipinski definition) is 4. The number of likely N-dealkylation sites (N-methyl/N-ethyl adjacent to an activating group) is 1. The van der Waals surface area contributed by atoms with Gasteiger partial charge in [0, 0.05) is 13.2 Å². The van der Waals surface area contributed by atoms with Crippen LogP contribution in [0.3, 0.4) is 0 Å². The summed E-state index contributed by atoms with van der Waals surface area (Å²) in [5.41, 5.74) is 5.19. The van der Waals surface area contributed by atoms with Crippen molar-refractivity contribution in [1.82, 2.24) is 15.1 Å². The molecule has 0 aromatic carbocycles. The van der Waals surface area contributed by atoms with E-state index in [1.54, 1.807) is 27.1 Å². The SMILES string of the molecule is CNC(=O)Cn1cc(NC(=O)C(C)(C)N)cn1. The van der Waals surface area contributed by atoms with Gasteiger partial charge in [-0.3, -0.25) is 14.3 Å². The van der Waals surface area contributed by atoms with Crippen LogP contribution in [0.4, 0.5) is 5.69 Å². The molecule has 0 radical (unpaired) electrons. The Balaban J connectivity index is 2.63. The van der Waals surface area contributed by atoms with Crippen molar-refractivity contribution in [3.8, 4) is 0 Å². The van der Waals surface area contributed by atoms with Crippen LogP contribution < -0.4 is 16.4 Å². The highest BCUT2D eigenvalue weighted by Crippen LogP contribution is 2.08. The second-order valence-electron chi connectivity index (χ2n) is 4.28. The summed E-state index contributed by atoms with van der Waals surface area (Å²) in [5, 5.41) is 9.03. The Hall–Kier alpha value is -1.89. The average Bonchev–Trinajstić information content (AvgIpc) is 2.64. The lowest BCUT2D eigenvalue weighted by Gasteiger charge is -2.16. The molecule has 4 N–H and O–H groups in total. The van der Waals surface area contributed by atoms with Crippen molar-refractivity contribution >= 4 is 17.5 Å². The van der Waals surface area contributed by atoms with Crippen LogP contribution in [-0.4, -0.2) is 34.2 Å². The minimum Gasteiger partial charge on any atom is -0.358 e. The molecule has 0 saturated carbocycles. The normalized spacial score (nSPS) is 11.1. The van der Waals surface area contributed by atoms with Crippen molar-refractivity contribution in [3.63, 3.8) is 0 Å². The Kier molecular flexibility index (Phi) is 3.84. The Morgan fingerprint density at radius 3 is 2.71 bits per heavy atom. The minimum absolute atomic E-state index is 0.110. The molecule has 7 heteroatoms. The van der Waals surface area contributed by atoms with Crippen molar-refractivity contribution in [2.45, 2.75) is 25.9 Å². The van der Waals surface area contributed by atoms with E-state index in [4.69, 9.17) is 5.73 Å². The molecular formula is C10H17N5O2. The number of rotatable bonds is 4. The van der Waals surface area contributed by atoms with E-state index in [0.29, 0.717) is 5.69 Å². The molecule has 94 valence electrons. The van der Waals surface area contributed by atoms with Crippen LogP contribution in [0, 0.1) is 0 Å². The van der Waals surface area contributed by atoms with Gasteiger partial charge in [-0.1, -0.05) is 0 Å². The third-order valence-corrected chi connectivity index (χ3v) is 2.06. The van der Waals surface area contributed by atoms with E-state index in [-0.39, 0.29) is 18.4 Å². The molecule has 1 aromatic rings. The molecule has 0 aliphatic heterocycles. The molecular weight excluding hydrogens is 222 g/mol. The van der Waals surface area contributed by atoms with Gasteiger partial charge in [0.25, 0.3) is 0 Å². The average molecular weight is 239 g/mol. The predicted molar refractivity (Wildman–Crippen MR) is 63.2 cm³/mol. The monoisotopic (exact) mass is 239 g/mol. The second kappa shape index (κ2) is 4.96. The summed E-state index contributed by atoms with van der Waals surface area (Å²) >= 11 is 0. The van der Waals surface area contributed by atoms with Crippen molar-refractivity contribution in [2.75, 3.05) is 12.4 Å². The third kappa shape index (κ3) is 3.87. The number of nitrogens with zero attached hydrogens (tertiary/aromatic N) is 2. The van der Waals surface area contributed by atoms with Gasteiger partial charge >= 0.3 is 0 Å². The van der Waals surface area contributed by atoms with Crippen LogP contribution in [0.2, 0.25) is 0 Å². The Morgan fingerprint density at radius 1 is 1.53 bits per heavy atom. The third-order valence-electron chi connectivity index (χ3n) is 2.06. The zero-order chi connectivity index (χ0) is 13.1. The first-order valence-electron chi connectivity index (χ1n) is 5.16. The molecule has 1 rings (SSSR count). The molecule has 7 nitrogen and oxygen atoms in total. The van der Waals surface area contributed by atoms with E-state index in [0.717, 1.165) is 0 Å². The molecule has 1 aromatic heterocycles. The number of carbonyl (C=O) groups is 2. The van der Waals surface area contributed by atoms with E-state index in [9.17, 15) is 9.59 Å². The molecule has 2 amide bonds. The van der Waals surface area contributed by atoms with Gasteiger partial charge in [-0.25, -0.2) is 0 Å². The number of nitrogens with one attached hydrogen (secondary N) is 2. The molecule has 1 heterocycles. The zero-order valence-corrected chi connectivity index (χ0v) is 10.2. The summed E-state index contributed by atoms with van der Waals surface area (Å²) < 4.78 is 1.43. The predicted octanol–water partition coefficient (Wildman–Crippen LogP) is -0.695. The molecule has 0 unspecified atom stereocenters. The van der Waals surface area contributed by atoms with Gasteiger partial charge < -0.3 is 16.4 Å². The van der Waals surface area contributed by atoms with E-state index in [2.05, 4.69) is 15.7 Å². The maximum absolute atomic E-state index is 11.6. The first kappa shape index (κ1) is 13.2. The van der Waals surface area contributed by atoms with Crippen molar-refractivity contribution < 1.29 is 9.59 Å². The first-order chi connectivity index (χ1) is 7.82. The maximum Gasteiger partial charge on any atom is 0.243 e. The summed E-state index contributed by atoms with van der Waals surface area (Å²) in [5.74, 6) is -0.470. The molecule has 0 aliphatic rings. The van der Waals surface area contributed by atoms with Crippen molar-refractivity contribution in [3.05, 3.63) is 12.4 Å². The largest absolute Gasteiger partial charge is 0.358 e. The fraction of sp³-hybridized carbons (Fsp3) is 0.500. The van der Waals surface area contributed by atoms with Crippen LogP contribution in [0.5, 0.6) is 0 Å². The molecule has 0 fully saturated rings. The Bertz CT molecular complexity index is 419. The van der Waals surface area contributed by atoms with Gasteiger partial charge in [-0.15, -0.1) is 0 Å². The molecule has 17 heavy (non-hydrogen) atoms. The smallest absolute Gasteiger partial charge is 0.243 e. The van der Waals surface area contributed by atoms with E-state index < -0.39 is 5.54 Å². The van der Waals surface area contributed by atoms with E-state index in [1.807, 2.05) is 0 Å². The second-order valence-corrected chi connectivity index (χ2v) is 4.28. The number of hydrogen-bond donors (Lipinski definition) is 3. The lowest BCUT2D eigenvalue weighted by atomic mass is 10.1. The van der Waals surface area contributed by atoms with Crippen LogP contribution in [0.25, 0.3) is 0 Å². The lowest BCUT2D eigenvalue weighted by molar-refractivity contribution is -0.121. The summed E-state index contributed by atoms with van der Waals surface area (Å²) in [6.45, 7) is 3.33. The Morgan fingerprint density at radius 2 is 2.18 bits per heavy atom. The number of amides is 2. The molecule has 0 aliphatic carbocycles. The lowest BCUT2D eigenvalue weighted by Crippen LogP contribution is -2.45. The minimum atomic E-state index is -0.955. The topological polar surface area (TPSA) is 102 Å². The number of carbonyl (C=O) groups excluding carboxylic acids is 2. The highest BCUT2D eigenvalue weighted by molar-refractivity contribution is 5.97. The fourth-order valence-corrected chi connectivity index (χ4v) is 1.03. The molecule has 0 saturated heterocycles. The summed E-state index contributed by atoms with van der Waals surface area (Å²) in [6, 6.07) is 0. The van der Waals surface area contributed by atoms with Gasteiger partial charge in [0.2, 0.25) is 11.8 Å². The van der Waals surface area contributed by atoms with Crippen molar-refractivity contribution in [1.29, 1.82) is 0 Å². The summed E-state index contributed by atoms with van der Waals surface area (Å²) in [7, 11) is 1.55. The first-order valence-corrected chi connectivity index (χ1v) is 5.16. The van der Waals surface area contributed by atoms with E-state index >= 15 is 0 Å². The highest BCUT2D eigenvalue weighted by atomic mass is 16.2. The van der Waals surface area contributed by atoms with Crippen LogP contribution in [0.15, 0.2) is 12.4 Å². The van der Waals surface area contributed by atoms with Crippen LogP contribution in [0.1, 0.15) is 13.8 Å². The summed E-state index contributed by atoms with van der Waals surface area (Å²) in [4.78, 5) is 22.7. The molecule has 0 bridgehead atoms. The summed E-state index contributed by atoms with van der Waals surface area (Å²) in [6.07, 6.45) is 3.03. The Labute approximate surface area is 99.4 Å². The van der Waals surface area contributed by atoms with Crippen molar-refractivity contribution in [2.24, 2.45) is 5.73 Å². The highest BCUT2D eigenvalue weighted by Gasteiger charge is 2.22. The standard InChI is InChI=1S/C10H17N5O2/c1-10(2,11)9(17)14-7-4-13-15(5-7)6-8(16)12-3/h4-5H,6,11H2,1-3H3,(H,12,16)(H,14,17). The quantitative estimate of drug-likeness (QED) is 0.646. The van der Waals surface area contributed by atoms with E-state index in [1.165, 1.54) is 10.9 Å². The zero-order valence-electron chi connectivity index (χ0n) is 10.2. The van der Waals surface area contributed by atoms with Gasteiger partial charge in [-0.05, 0) is 13.8 Å². The van der Waals surface area contributed by atoms with Gasteiger partial charge in [-0.2, -0.15) is 5.10 Å². The van der Waals surface area contributed by atoms with Gasteiger partial charge in [0.15, 0.2) is 0 Å². The fourth-order valence-electron chi connectivity index (χ4n) is 1.03. The van der Waals surface area contributed by atoms with Gasteiger partial charge in [0.1, 0.15) is 6.54 Å².